The molecule has 1 aromatic heterocycles. The number of aromatic carboxylic acids is 1. The minimum Gasteiger partial charge on any atom is -0.477 e. The van der Waals surface area contributed by atoms with Crippen molar-refractivity contribution in [2.45, 2.75) is 6.92 Å². The van der Waals surface area contributed by atoms with Gasteiger partial charge in [0.1, 0.15) is 0 Å². The molecule has 0 unspecified atom stereocenters. The van der Waals surface area contributed by atoms with Gasteiger partial charge in [0.2, 0.25) is 11.7 Å². The lowest BCUT2D eigenvalue weighted by molar-refractivity contribution is -0.384. The largest absolute Gasteiger partial charge is 0.477 e. The molecule has 0 spiro atoms. The molecule has 112 valence electrons. The summed E-state index contributed by atoms with van der Waals surface area (Å²) in [5, 5.41) is 20.0. The zero-order valence-corrected chi connectivity index (χ0v) is 11.4. The number of aromatic nitrogens is 1. The van der Waals surface area contributed by atoms with Gasteiger partial charge in [-0.2, -0.15) is 0 Å². The van der Waals surface area contributed by atoms with Crippen LogP contribution in [0.25, 0.3) is 0 Å². The van der Waals surface area contributed by atoms with E-state index in [2.05, 4.69) is 4.98 Å². The maximum absolute atomic E-state index is 11.3. The van der Waals surface area contributed by atoms with Gasteiger partial charge in [0.15, 0.2) is 5.69 Å². The van der Waals surface area contributed by atoms with Gasteiger partial charge in [-0.05, 0) is 6.07 Å². The Labute approximate surface area is 119 Å². The van der Waals surface area contributed by atoms with Gasteiger partial charge in [0, 0.05) is 39.2 Å². The highest BCUT2D eigenvalue weighted by Crippen LogP contribution is 2.27. The number of piperazine rings is 1. The normalized spacial score (nSPS) is 14.9. The topological polar surface area (TPSA) is 117 Å². The predicted molar refractivity (Wildman–Crippen MR) is 72.3 cm³/mol. The summed E-state index contributed by atoms with van der Waals surface area (Å²) in [7, 11) is 0. The van der Waals surface area contributed by atoms with Gasteiger partial charge in [-0.15, -0.1) is 0 Å². The van der Waals surface area contributed by atoms with Crippen molar-refractivity contribution in [3.05, 3.63) is 27.9 Å². The van der Waals surface area contributed by atoms with Gasteiger partial charge in [-0.3, -0.25) is 14.9 Å². The van der Waals surface area contributed by atoms with Crippen LogP contribution in [0.1, 0.15) is 17.4 Å². The number of anilines is 1. The quantitative estimate of drug-likeness (QED) is 0.631. The van der Waals surface area contributed by atoms with Crippen molar-refractivity contribution in [3.8, 4) is 0 Å². The van der Waals surface area contributed by atoms with E-state index in [0.29, 0.717) is 26.2 Å². The van der Waals surface area contributed by atoms with Crippen molar-refractivity contribution in [2.24, 2.45) is 0 Å². The van der Waals surface area contributed by atoms with E-state index in [1.54, 1.807) is 9.80 Å². The molecule has 2 rings (SSSR count). The van der Waals surface area contributed by atoms with Crippen LogP contribution in [0.3, 0.4) is 0 Å². The zero-order chi connectivity index (χ0) is 15.6. The average molecular weight is 294 g/mol. The van der Waals surface area contributed by atoms with Gasteiger partial charge in [-0.25, -0.2) is 9.78 Å². The zero-order valence-electron chi connectivity index (χ0n) is 11.4. The van der Waals surface area contributed by atoms with Crippen LogP contribution in [-0.4, -0.2) is 58.0 Å². The summed E-state index contributed by atoms with van der Waals surface area (Å²) in [6.07, 6.45) is 0. The van der Waals surface area contributed by atoms with Crippen LogP contribution in [-0.2, 0) is 4.79 Å². The second-order valence-electron chi connectivity index (χ2n) is 4.59. The third kappa shape index (κ3) is 3.07. The predicted octanol–water partition coefficient (Wildman–Crippen LogP) is 0.357. The van der Waals surface area contributed by atoms with Gasteiger partial charge < -0.3 is 14.9 Å². The van der Waals surface area contributed by atoms with Crippen LogP contribution in [0.5, 0.6) is 0 Å². The van der Waals surface area contributed by atoms with Crippen LogP contribution < -0.4 is 4.90 Å². The number of amides is 1. The molecule has 1 fully saturated rings. The Bertz CT molecular complexity index is 595. The number of rotatable bonds is 3. The Kier molecular flexibility index (Phi) is 4.01. The molecule has 0 atom stereocenters. The fraction of sp³-hybridized carbons (Fsp3) is 0.417. The summed E-state index contributed by atoms with van der Waals surface area (Å²) >= 11 is 0. The third-order valence-electron chi connectivity index (χ3n) is 3.29. The highest BCUT2D eigenvalue weighted by Gasteiger charge is 2.27. The molecule has 9 heteroatoms. The van der Waals surface area contributed by atoms with E-state index in [9.17, 15) is 19.7 Å². The lowest BCUT2D eigenvalue weighted by Crippen LogP contribution is -2.48. The molecule has 2 heterocycles. The Morgan fingerprint density at radius 2 is 1.90 bits per heavy atom. The van der Waals surface area contributed by atoms with E-state index in [0.717, 1.165) is 12.1 Å². The lowest BCUT2D eigenvalue weighted by atomic mass is 10.2. The first-order chi connectivity index (χ1) is 9.90. The van der Waals surface area contributed by atoms with Crippen molar-refractivity contribution in [1.29, 1.82) is 0 Å². The Morgan fingerprint density at radius 3 is 2.38 bits per heavy atom. The van der Waals surface area contributed by atoms with Crippen LogP contribution in [0.2, 0.25) is 0 Å². The maximum atomic E-state index is 11.3. The summed E-state index contributed by atoms with van der Waals surface area (Å²) in [6, 6.07) is 2.25. The molecule has 1 amide bonds. The van der Waals surface area contributed by atoms with Crippen LogP contribution >= 0.6 is 0 Å². The number of carboxylic acid groups (broad SMARTS) is 1. The second kappa shape index (κ2) is 5.73. The van der Waals surface area contributed by atoms with E-state index in [-0.39, 0.29) is 23.1 Å². The Hall–Kier alpha value is -2.71. The minimum absolute atomic E-state index is 0.0307. The average Bonchev–Trinajstić information content (AvgIpc) is 2.46. The summed E-state index contributed by atoms with van der Waals surface area (Å²) < 4.78 is 0. The van der Waals surface area contributed by atoms with E-state index in [1.165, 1.54) is 6.92 Å². The summed E-state index contributed by atoms with van der Waals surface area (Å²) in [6.45, 7) is 3.05. The molecule has 0 radical (unpaired) electrons. The van der Waals surface area contributed by atoms with Crippen molar-refractivity contribution in [1.82, 2.24) is 9.88 Å². The molecule has 1 saturated heterocycles. The smallest absolute Gasteiger partial charge is 0.354 e. The Balaban J connectivity index is 2.29. The molecule has 21 heavy (non-hydrogen) atoms. The van der Waals surface area contributed by atoms with Crippen molar-refractivity contribution in [2.75, 3.05) is 31.1 Å². The molecule has 0 bridgehead atoms. The van der Waals surface area contributed by atoms with Gasteiger partial charge in [-0.1, -0.05) is 0 Å². The van der Waals surface area contributed by atoms with E-state index in [1.807, 2.05) is 0 Å². The molecule has 1 N–H and O–H groups in total. The molecule has 9 nitrogen and oxygen atoms in total. The molecule has 0 aromatic carbocycles. The number of hydrogen-bond donors (Lipinski definition) is 1. The number of pyridine rings is 1. The fourth-order valence-electron chi connectivity index (χ4n) is 2.17. The summed E-state index contributed by atoms with van der Waals surface area (Å²) in [4.78, 5) is 39.8. The second-order valence-corrected chi connectivity index (χ2v) is 4.59. The van der Waals surface area contributed by atoms with E-state index in [4.69, 9.17) is 5.11 Å². The van der Waals surface area contributed by atoms with Gasteiger partial charge >= 0.3 is 11.7 Å². The van der Waals surface area contributed by atoms with Crippen molar-refractivity contribution < 1.29 is 19.6 Å². The number of carboxylic acids is 1. The van der Waals surface area contributed by atoms with Gasteiger partial charge in [0.25, 0.3) is 0 Å². The highest BCUT2D eigenvalue weighted by molar-refractivity contribution is 5.86. The monoisotopic (exact) mass is 294 g/mol. The first-order valence-corrected chi connectivity index (χ1v) is 6.29. The maximum Gasteiger partial charge on any atom is 0.354 e. The van der Waals surface area contributed by atoms with Crippen LogP contribution in [0.15, 0.2) is 12.1 Å². The molecule has 0 saturated carbocycles. The minimum atomic E-state index is -1.24. The number of nitrogens with zero attached hydrogens (tertiary/aromatic N) is 4. The van der Waals surface area contributed by atoms with E-state index < -0.39 is 10.9 Å². The number of nitro groups is 1. The highest BCUT2D eigenvalue weighted by atomic mass is 16.6. The first kappa shape index (κ1) is 14.7. The third-order valence-corrected chi connectivity index (χ3v) is 3.29. The van der Waals surface area contributed by atoms with Crippen LogP contribution in [0.4, 0.5) is 11.5 Å². The van der Waals surface area contributed by atoms with Crippen LogP contribution in [0, 0.1) is 10.1 Å². The molecule has 1 aliphatic heterocycles. The molecule has 1 aromatic rings. The Morgan fingerprint density at radius 1 is 1.29 bits per heavy atom. The number of carbonyl (C=O) groups excluding carboxylic acids is 1. The van der Waals surface area contributed by atoms with Gasteiger partial charge in [0.05, 0.1) is 4.92 Å². The molecular formula is C12H14N4O5. The van der Waals surface area contributed by atoms with Crippen molar-refractivity contribution >= 4 is 23.4 Å². The lowest BCUT2D eigenvalue weighted by Gasteiger charge is -2.34. The van der Waals surface area contributed by atoms with E-state index >= 15 is 0 Å². The fourth-order valence-corrected chi connectivity index (χ4v) is 2.17. The number of hydrogen-bond acceptors (Lipinski definition) is 6. The molecule has 1 aliphatic rings. The van der Waals surface area contributed by atoms with Crippen molar-refractivity contribution in [3.63, 3.8) is 0 Å². The summed E-state index contributed by atoms with van der Waals surface area (Å²) in [5.41, 5.74) is -0.485. The first-order valence-electron chi connectivity index (χ1n) is 6.29. The number of carbonyl (C=O) groups is 2. The summed E-state index contributed by atoms with van der Waals surface area (Å²) in [5.74, 6) is -1.27. The SMILES string of the molecule is CC(=O)N1CCN(c2nc(C(=O)O)ccc2[N+](=O)[O-])CC1. The molecular weight excluding hydrogens is 280 g/mol. The standard InChI is InChI=1S/C12H14N4O5/c1-8(17)14-4-6-15(7-5-14)11-10(16(20)21)3-2-9(13-11)12(18)19/h2-3H,4-7H2,1H3,(H,18,19). The molecule has 0 aliphatic carbocycles.